The van der Waals surface area contributed by atoms with Crippen molar-refractivity contribution < 1.29 is 9.72 Å². The fraction of sp³-hybridized carbons (Fsp3) is 0.158. The van der Waals surface area contributed by atoms with E-state index in [-0.39, 0.29) is 11.6 Å². The van der Waals surface area contributed by atoms with Crippen LogP contribution in [0.15, 0.2) is 54.7 Å². The number of hydrogen-bond donors (Lipinski definition) is 1. The number of pyridine rings is 1. The molecule has 1 heterocycles. The first kappa shape index (κ1) is 18.3. The van der Waals surface area contributed by atoms with Gasteiger partial charge in [-0.1, -0.05) is 0 Å². The fourth-order valence-electron chi connectivity index (χ4n) is 2.54. The summed E-state index contributed by atoms with van der Waals surface area (Å²) in [7, 11) is 0. The number of carbonyl (C=O) groups is 1. The standard InChI is InChI=1S/C19H17N3O3Te/c1-2-4-18(23)21-16-10-11-17(15-5-3-12-20-19(15)16)26-14-8-6-13(7-9-14)22(24)25/h3,5-12H,2,4H2,1H3,(H,21,23). The van der Waals surface area contributed by atoms with E-state index >= 15 is 0 Å². The van der Waals surface area contributed by atoms with Crippen LogP contribution in [0, 0.1) is 10.1 Å². The Morgan fingerprint density at radius 1 is 1.19 bits per heavy atom. The molecule has 0 atom stereocenters. The summed E-state index contributed by atoms with van der Waals surface area (Å²) in [4.78, 5) is 26.8. The fourth-order valence-corrected chi connectivity index (χ4v) is 5.21. The van der Waals surface area contributed by atoms with Crippen LogP contribution in [0.4, 0.5) is 11.4 Å². The number of amides is 1. The maximum absolute atomic E-state index is 11.9. The van der Waals surface area contributed by atoms with Crippen LogP contribution in [0.3, 0.4) is 0 Å². The molecule has 0 saturated heterocycles. The molecule has 1 amide bonds. The molecule has 132 valence electrons. The molecule has 0 saturated carbocycles. The molecule has 0 aliphatic heterocycles. The zero-order valence-electron chi connectivity index (χ0n) is 14.1. The van der Waals surface area contributed by atoms with Crippen LogP contribution in [-0.4, -0.2) is 36.7 Å². The number of anilines is 1. The summed E-state index contributed by atoms with van der Waals surface area (Å²) in [6, 6.07) is 14.5. The number of hydrogen-bond acceptors (Lipinski definition) is 4. The summed E-state index contributed by atoms with van der Waals surface area (Å²) < 4.78 is 2.29. The molecule has 2 aromatic carbocycles. The predicted octanol–water partition coefficient (Wildman–Crippen LogP) is 2.54. The Morgan fingerprint density at radius 3 is 2.65 bits per heavy atom. The summed E-state index contributed by atoms with van der Waals surface area (Å²) >= 11 is -0.732. The van der Waals surface area contributed by atoms with Gasteiger partial charge in [0.1, 0.15) is 0 Å². The summed E-state index contributed by atoms with van der Waals surface area (Å²) in [5.74, 6) is -0.0148. The van der Waals surface area contributed by atoms with Crippen molar-refractivity contribution in [2.45, 2.75) is 19.8 Å². The number of fused-ring (bicyclic) bond motifs is 1. The number of aromatic nitrogens is 1. The number of nitro groups is 1. The van der Waals surface area contributed by atoms with Gasteiger partial charge in [-0.2, -0.15) is 0 Å². The molecule has 0 bridgehead atoms. The number of non-ortho nitro benzene ring substituents is 1. The van der Waals surface area contributed by atoms with Crippen LogP contribution in [0.25, 0.3) is 10.9 Å². The molecular formula is C19H17N3O3Te. The van der Waals surface area contributed by atoms with Crippen molar-refractivity contribution >= 4 is 56.3 Å². The molecule has 26 heavy (non-hydrogen) atoms. The summed E-state index contributed by atoms with van der Waals surface area (Å²) in [5, 5.41) is 14.7. The van der Waals surface area contributed by atoms with E-state index in [4.69, 9.17) is 0 Å². The number of nitrogens with one attached hydrogen (secondary N) is 1. The van der Waals surface area contributed by atoms with Gasteiger partial charge in [0.05, 0.1) is 0 Å². The SMILES string of the molecule is CCCC(=O)Nc1ccc([Te]c2ccc([N+](=O)[O-])cc2)c2cccnc12. The topological polar surface area (TPSA) is 85.1 Å². The minimum absolute atomic E-state index is 0.0148. The van der Waals surface area contributed by atoms with Gasteiger partial charge in [-0.05, 0) is 0 Å². The van der Waals surface area contributed by atoms with Crippen molar-refractivity contribution in [3.8, 4) is 0 Å². The van der Waals surface area contributed by atoms with E-state index in [9.17, 15) is 14.9 Å². The van der Waals surface area contributed by atoms with Gasteiger partial charge in [0.2, 0.25) is 0 Å². The van der Waals surface area contributed by atoms with Crippen LogP contribution in [0.5, 0.6) is 0 Å². The van der Waals surface area contributed by atoms with E-state index in [0.29, 0.717) is 6.42 Å². The minimum atomic E-state index is -0.732. The molecule has 3 aromatic rings. The van der Waals surface area contributed by atoms with Crippen LogP contribution in [0.2, 0.25) is 0 Å². The van der Waals surface area contributed by atoms with E-state index in [2.05, 4.69) is 10.3 Å². The molecule has 0 fully saturated rings. The van der Waals surface area contributed by atoms with Gasteiger partial charge in [-0.3, -0.25) is 0 Å². The molecule has 0 aliphatic rings. The summed E-state index contributed by atoms with van der Waals surface area (Å²) in [5.41, 5.74) is 1.60. The van der Waals surface area contributed by atoms with Gasteiger partial charge in [-0.25, -0.2) is 0 Å². The van der Waals surface area contributed by atoms with Gasteiger partial charge in [-0.15, -0.1) is 0 Å². The maximum atomic E-state index is 11.9. The van der Waals surface area contributed by atoms with Crippen LogP contribution in [0.1, 0.15) is 19.8 Å². The van der Waals surface area contributed by atoms with Crippen LogP contribution >= 0.6 is 0 Å². The Labute approximate surface area is 160 Å². The molecule has 3 rings (SSSR count). The molecule has 7 heteroatoms. The average molecular weight is 463 g/mol. The second kappa shape index (κ2) is 8.26. The van der Waals surface area contributed by atoms with Crippen molar-refractivity contribution in [3.05, 3.63) is 64.8 Å². The first-order valence-corrected chi connectivity index (χ1v) is 10.5. The van der Waals surface area contributed by atoms with Crippen molar-refractivity contribution in [1.82, 2.24) is 4.98 Å². The van der Waals surface area contributed by atoms with Crippen LogP contribution in [-0.2, 0) is 4.79 Å². The van der Waals surface area contributed by atoms with Crippen molar-refractivity contribution in [2.24, 2.45) is 0 Å². The second-order valence-corrected chi connectivity index (χ2v) is 8.85. The first-order valence-electron chi connectivity index (χ1n) is 8.18. The molecule has 0 spiro atoms. The molecule has 0 radical (unpaired) electrons. The van der Waals surface area contributed by atoms with Crippen molar-refractivity contribution in [2.75, 3.05) is 5.32 Å². The quantitative estimate of drug-likeness (QED) is 0.346. The third-order valence-electron chi connectivity index (χ3n) is 3.76. The predicted molar refractivity (Wildman–Crippen MR) is 103 cm³/mol. The van der Waals surface area contributed by atoms with Gasteiger partial charge in [0.15, 0.2) is 0 Å². The van der Waals surface area contributed by atoms with Gasteiger partial charge in [0, 0.05) is 0 Å². The Kier molecular flexibility index (Phi) is 5.81. The Morgan fingerprint density at radius 2 is 1.96 bits per heavy atom. The van der Waals surface area contributed by atoms with Crippen LogP contribution < -0.4 is 12.5 Å². The number of nitro benzene ring substituents is 1. The molecule has 1 N–H and O–H groups in total. The molecule has 0 aliphatic carbocycles. The Hall–Kier alpha value is -2.49. The number of carbonyl (C=O) groups excluding carboxylic acids is 1. The number of benzene rings is 2. The molecule has 6 nitrogen and oxygen atoms in total. The van der Waals surface area contributed by atoms with Gasteiger partial charge >= 0.3 is 161 Å². The zero-order chi connectivity index (χ0) is 18.5. The van der Waals surface area contributed by atoms with E-state index in [1.807, 2.05) is 43.3 Å². The second-order valence-electron chi connectivity index (χ2n) is 5.66. The zero-order valence-corrected chi connectivity index (χ0v) is 16.5. The summed E-state index contributed by atoms with van der Waals surface area (Å²) in [6.07, 6.45) is 2.99. The Balaban J connectivity index is 1.92. The van der Waals surface area contributed by atoms with Crippen molar-refractivity contribution in [3.63, 3.8) is 0 Å². The van der Waals surface area contributed by atoms with E-state index < -0.39 is 25.8 Å². The van der Waals surface area contributed by atoms with Gasteiger partial charge < -0.3 is 0 Å². The van der Waals surface area contributed by atoms with E-state index in [0.717, 1.165) is 26.6 Å². The van der Waals surface area contributed by atoms with Gasteiger partial charge in [0.25, 0.3) is 0 Å². The average Bonchev–Trinajstić information content (AvgIpc) is 2.64. The van der Waals surface area contributed by atoms with E-state index in [1.54, 1.807) is 18.3 Å². The third-order valence-corrected chi connectivity index (χ3v) is 6.85. The molecule has 1 aromatic heterocycles. The summed E-state index contributed by atoms with van der Waals surface area (Å²) in [6.45, 7) is 1.97. The number of rotatable bonds is 6. The molecular weight excluding hydrogens is 446 g/mol. The normalized spacial score (nSPS) is 10.7. The first-order chi connectivity index (χ1) is 12.6. The Bertz CT molecular complexity index is 958. The van der Waals surface area contributed by atoms with E-state index in [1.165, 1.54) is 3.61 Å². The monoisotopic (exact) mass is 465 g/mol. The molecule has 0 unspecified atom stereocenters. The third kappa shape index (κ3) is 4.18. The number of nitrogens with zero attached hydrogens (tertiary/aromatic N) is 2. The van der Waals surface area contributed by atoms with Crippen molar-refractivity contribution in [1.29, 1.82) is 0 Å².